The van der Waals surface area contributed by atoms with E-state index in [0.29, 0.717) is 23.9 Å². The molecule has 0 amide bonds. The van der Waals surface area contributed by atoms with E-state index in [1.54, 1.807) is 0 Å². The van der Waals surface area contributed by atoms with Gasteiger partial charge in [-0.2, -0.15) is 15.0 Å². The Hall–Kier alpha value is -1.63. The van der Waals surface area contributed by atoms with Crippen molar-refractivity contribution in [3.05, 3.63) is 0 Å². The molecule has 7 nitrogen and oxygen atoms in total. The molecule has 2 saturated heterocycles. The van der Waals surface area contributed by atoms with Crippen LogP contribution in [0.4, 0.5) is 17.8 Å². The molecule has 0 aliphatic carbocycles. The van der Waals surface area contributed by atoms with E-state index in [9.17, 15) is 0 Å². The van der Waals surface area contributed by atoms with Crippen LogP contribution in [0.1, 0.15) is 26.2 Å². The van der Waals surface area contributed by atoms with E-state index >= 15 is 0 Å². The molecule has 2 unspecified atom stereocenters. The van der Waals surface area contributed by atoms with Crippen LogP contribution >= 0.6 is 0 Å². The second-order valence-corrected chi connectivity index (χ2v) is 5.78. The van der Waals surface area contributed by atoms with Gasteiger partial charge in [-0.3, -0.25) is 0 Å². The average Bonchev–Trinajstić information content (AvgIpc) is 3.19. The first-order valence-corrected chi connectivity index (χ1v) is 7.79. The standard InChI is InChI=1S/C14H24N6O/c1-10(11-5-8-21-9-11)16-13-17-12(15-2)18-14(19-13)20-6-3-4-7-20/h10-11H,3-9H2,1-2H3,(H2,15,16,17,18,19). The zero-order valence-electron chi connectivity index (χ0n) is 12.8. The minimum absolute atomic E-state index is 0.297. The predicted octanol–water partition coefficient (Wildman–Crippen LogP) is 1.35. The number of rotatable bonds is 5. The third kappa shape index (κ3) is 3.34. The van der Waals surface area contributed by atoms with Crippen molar-refractivity contribution in [3.63, 3.8) is 0 Å². The summed E-state index contributed by atoms with van der Waals surface area (Å²) in [6.45, 7) is 5.89. The summed E-state index contributed by atoms with van der Waals surface area (Å²) in [6.07, 6.45) is 3.51. The Kier molecular flexibility index (Phi) is 4.38. The summed E-state index contributed by atoms with van der Waals surface area (Å²) in [4.78, 5) is 15.7. The van der Waals surface area contributed by atoms with Crippen LogP contribution in [0, 0.1) is 5.92 Å². The summed E-state index contributed by atoms with van der Waals surface area (Å²) < 4.78 is 5.45. The van der Waals surface area contributed by atoms with Gasteiger partial charge in [-0.1, -0.05) is 0 Å². The molecule has 0 spiro atoms. The molecule has 0 saturated carbocycles. The minimum Gasteiger partial charge on any atom is -0.381 e. The van der Waals surface area contributed by atoms with Crippen LogP contribution in [0.2, 0.25) is 0 Å². The molecule has 3 rings (SSSR count). The van der Waals surface area contributed by atoms with Crippen LogP contribution in [-0.4, -0.2) is 54.3 Å². The van der Waals surface area contributed by atoms with Crippen LogP contribution < -0.4 is 15.5 Å². The van der Waals surface area contributed by atoms with Crippen molar-refractivity contribution in [1.29, 1.82) is 0 Å². The Morgan fingerprint density at radius 2 is 1.95 bits per heavy atom. The van der Waals surface area contributed by atoms with Crippen LogP contribution in [-0.2, 0) is 4.74 Å². The number of nitrogens with one attached hydrogen (secondary N) is 2. The quantitative estimate of drug-likeness (QED) is 0.848. The number of hydrogen-bond donors (Lipinski definition) is 2. The van der Waals surface area contributed by atoms with E-state index in [-0.39, 0.29) is 0 Å². The van der Waals surface area contributed by atoms with E-state index in [0.717, 1.165) is 38.7 Å². The number of hydrogen-bond acceptors (Lipinski definition) is 7. The first-order chi connectivity index (χ1) is 10.3. The van der Waals surface area contributed by atoms with Gasteiger partial charge in [-0.15, -0.1) is 0 Å². The topological polar surface area (TPSA) is 75.2 Å². The Morgan fingerprint density at radius 1 is 1.19 bits per heavy atom. The first-order valence-electron chi connectivity index (χ1n) is 7.79. The van der Waals surface area contributed by atoms with Crippen molar-refractivity contribution in [3.8, 4) is 0 Å². The molecule has 2 fully saturated rings. The Balaban J connectivity index is 1.75. The monoisotopic (exact) mass is 292 g/mol. The van der Waals surface area contributed by atoms with Crippen molar-refractivity contribution in [2.45, 2.75) is 32.2 Å². The third-order valence-corrected chi connectivity index (χ3v) is 4.26. The van der Waals surface area contributed by atoms with Gasteiger partial charge in [-0.25, -0.2) is 0 Å². The molecule has 2 atom stereocenters. The van der Waals surface area contributed by atoms with Crippen molar-refractivity contribution in [2.75, 3.05) is 48.9 Å². The van der Waals surface area contributed by atoms with Gasteiger partial charge >= 0.3 is 0 Å². The van der Waals surface area contributed by atoms with E-state index in [1.807, 2.05) is 7.05 Å². The van der Waals surface area contributed by atoms with Gasteiger partial charge in [0.05, 0.1) is 6.61 Å². The number of aromatic nitrogens is 3. The summed E-state index contributed by atoms with van der Waals surface area (Å²) >= 11 is 0. The maximum atomic E-state index is 5.45. The molecule has 116 valence electrons. The maximum Gasteiger partial charge on any atom is 0.231 e. The average molecular weight is 292 g/mol. The van der Waals surface area contributed by atoms with Gasteiger partial charge in [0.2, 0.25) is 17.8 Å². The number of anilines is 3. The molecule has 0 aromatic carbocycles. The normalized spacial score (nSPS) is 23.3. The highest BCUT2D eigenvalue weighted by Crippen LogP contribution is 2.22. The minimum atomic E-state index is 0.297. The van der Waals surface area contributed by atoms with Gasteiger partial charge < -0.3 is 20.3 Å². The van der Waals surface area contributed by atoms with Crippen molar-refractivity contribution in [2.24, 2.45) is 5.92 Å². The Morgan fingerprint density at radius 3 is 2.62 bits per heavy atom. The molecule has 2 aliphatic rings. The molecular weight excluding hydrogens is 268 g/mol. The zero-order valence-corrected chi connectivity index (χ0v) is 12.8. The predicted molar refractivity (Wildman–Crippen MR) is 82.8 cm³/mol. The third-order valence-electron chi connectivity index (χ3n) is 4.26. The zero-order chi connectivity index (χ0) is 14.7. The van der Waals surface area contributed by atoms with Gasteiger partial charge in [0.1, 0.15) is 0 Å². The second-order valence-electron chi connectivity index (χ2n) is 5.78. The molecule has 1 aromatic heterocycles. The lowest BCUT2D eigenvalue weighted by Gasteiger charge is -2.21. The van der Waals surface area contributed by atoms with Crippen LogP contribution in [0.25, 0.3) is 0 Å². The highest BCUT2D eigenvalue weighted by Gasteiger charge is 2.24. The summed E-state index contributed by atoms with van der Waals surface area (Å²) in [6, 6.07) is 0.297. The molecule has 2 aliphatic heterocycles. The van der Waals surface area contributed by atoms with Crippen LogP contribution in [0.15, 0.2) is 0 Å². The lowest BCUT2D eigenvalue weighted by atomic mass is 10.0. The molecule has 0 bridgehead atoms. The van der Waals surface area contributed by atoms with Crippen molar-refractivity contribution >= 4 is 17.8 Å². The summed E-state index contributed by atoms with van der Waals surface area (Å²) in [5, 5.41) is 6.43. The van der Waals surface area contributed by atoms with E-state index in [4.69, 9.17) is 4.74 Å². The van der Waals surface area contributed by atoms with E-state index in [1.165, 1.54) is 12.8 Å². The highest BCUT2D eigenvalue weighted by molar-refractivity contribution is 5.44. The van der Waals surface area contributed by atoms with Crippen molar-refractivity contribution < 1.29 is 4.74 Å². The van der Waals surface area contributed by atoms with Crippen LogP contribution in [0.3, 0.4) is 0 Å². The van der Waals surface area contributed by atoms with Crippen molar-refractivity contribution in [1.82, 2.24) is 15.0 Å². The largest absolute Gasteiger partial charge is 0.381 e. The number of ether oxygens (including phenoxy) is 1. The summed E-state index contributed by atoms with van der Waals surface area (Å²) in [7, 11) is 1.83. The summed E-state index contributed by atoms with van der Waals surface area (Å²) in [5.41, 5.74) is 0. The first kappa shape index (κ1) is 14.3. The SMILES string of the molecule is CNc1nc(NC(C)C2CCOC2)nc(N2CCCC2)n1. The lowest BCUT2D eigenvalue weighted by Crippen LogP contribution is -2.28. The highest BCUT2D eigenvalue weighted by atomic mass is 16.5. The van der Waals surface area contributed by atoms with E-state index < -0.39 is 0 Å². The van der Waals surface area contributed by atoms with Gasteiger partial charge in [-0.05, 0) is 26.2 Å². The number of nitrogens with zero attached hydrogens (tertiary/aromatic N) is 4. The molecule has 2 N–H and O–H groups in total. The summed E-state index contributed by atoms with van der Waals surface area (Å²) in [5.74, 6) is 2.55. The molecule has 1 aromatic rings. The van der Waals surface area contributed by atoms with Crippen LogP contribution in [0.5, 0.6) is 0 Å². The second kappa shape index (κ2) is 6.43. The fourth-order valence-corrected chi connectivity index (χ4v) is 2.87. The van der Waals surface area contributed by atoms with Gasteiger partial charge in [0.15, 0.2) is 0 Å². The molecule has 7 heteroatoms. The van der Waals surface area contributed by atoms with Gasteiger partial charge in [0.25, 0.3) is 0 Å². The fraction of sp³-hybridized carbons (Fsp3) is 0.786. The Bertz CT molecular complexity index is 471. The smallest absolute Gasteiger partial charge is 0.231 e. The van der Waals surface area contributed by atoms with Gasteiger partial charge in [0, 0.05) is 38.7 Å². The van der Waals surface area contributed by atoms with E-state index in [2.05, 4.69) is 37.4 Å². The molecule has 3 heterocycles. The molecule has 21 heavy (non-hydrogen) atoms. The lowest BCUT2D eigenvalue weighted by molar-refractivity contribution is 0.183. The fourth-order valence-electron chi connectivity index (χ4n) is 2.87. The maximum absolute atomic E-state index is 5.45. The molecular formula is C14H24N6O. The molecule has 0 radical (unpaired) electrons. The Labute approximate surface area is 125 Å².